The minimum atomic E-state index is -0.144. The van der Waals surface area contributed by atoms with Gasteiger partial charge in [0.25, 0.3) is 0 Å². The van der Waals surface area contributed by atoms with Crippen molar-refractivity contribution in [1.82, 2.24) is 10.2 Å². The fourth-order valence-corrected chi connectivity index (χ4v) is 3.16. The van der Waals surface area contributed by atoms with Crippen LogP contribution in [0.3, 0.4) is 0 Å². The first kappa shape index (κ1) is 15.8. The molecule has 1 unspecified atom stereocenters. The molecule has 20 heavy (non-hydrogen) atoms. The number of unbranched alkanes of at least 4 members (excludes halogenated alkanes) is 1. The summed E-state index contributed by atoms with van der Waals surface area (Å²) in [6, 6.07) is 3.99. The smallest absolute Gasteiger partial charge is 0.0683 e. The summed E-state index contributed by atoms with van der Waals surface area (Å²) in [6.45, 7) is 7.78. The Kier molecular flexibility index (Phi) is 5.86. The maximum Gasteiger partial charge on any atom is 0.0683 e. The van der Waals surface area contributed by atoms with Gasteiger partial charge in [-0.2, -0.15) is 5.26 Å². The van der Waals surface area contributed by atoms with Gasteiger partial charge in [0.05, 0.1) is 11.5 Å². The standard InChI is InChI=1S/C17H31N3/c1-17(2,14-18)10-4-6-12-20(16-8-9-16)13-15-7-3-5-11-19-15/h15-16,19H,3-13H2,1-2H3. The minimum Gasteiger partial charge on any atom is -0.313 e. The summed E-state index contributed by atoms with van der Waals surface area (Å²) in [4.78, 5) is 2.71. The zero-order chi connectivity index (χ0) is 14.4. The molecule has 2 rings (SSSR count). The Bertz CT molecular complexity index is 322. The number of nitrogens with zero attached hydrogens (tertiary/aromatic N) is 2. The maximum atomic E-state index is 9.05. The van der Waals surface area contributed by atoms with Crippen LogP contribution in [-0.2, 0) is 0 Å². The van der Waals surface area contributed by atoms with E-state index in [4.69, 9.17) is 5.26 Å². The van der Waals surface area contributed by atoms with Crippen molar-refractivity contribution < 1.29 is 0 Å². The molecule has 3 heteroatoms. The van der Waals surface area contributed by atoms with Crippen LogP contribution in [0.5, 0.6) is 0 Å². The molecule has 0 aromatic carbocycles. The van der Waals surface area contributed by atoms with E-state index in [1.54, 1.807) is 0 Å². The van der Waals surface area contributed by atoms with E-state index < -0.39 is 0 Å². The molecule has 1 aliphatic carbocycles. The maximum absolute atomic E-state index is 9.05. The van der Waals surface area contributed by atoms with Crippen molar-refractivity contribution in [3.05, 3.63) is 0 Å². The molecule has 1 atom stereocenters. The van der Waals surface area contributed by atoms with Crippen LogP contribution >= 0.6 is 0 Å². The fourth-order valence-electron chi connectivity index (χ4n) is 3.16. The molecule has 0 bridgehead atoms. The molecule has 0 aromatic heterocycles. The molecule has 0 radical (unpaired) electrons. The Balaban J connectivity index is 1.66. The lowest BCUT2D eigenvalue weighted by molar-refractivity contribution is 0.209. The molecule has 0 spiro atoms. The monoisotopic (exact) mass is 277 g/mol. The molecule has 1 N–H and O–H groups in total. The van der Waals surface area contributed by atoms with Crippen LogP contribution in [0, 0.1) is 16.7 Å². The average molecular weight is 277 g/mol. The number of rotatable bonds is 8. The number of piperidine rings is 1. The molecule has 1 aliphatic heterocycles. The van der Waals surface area contributed by atoms with Crippen LogP contribution in [-0.4, -0.2) is 36.6 Å². The first-order valence-electron chi connectivity index (χ1n) is 8.49. The van der Waals surface area contributed by atoms with Crippen LogP contribution in [0.25, 0.3) is 0 Å². The Morgan fingerprint density at radius 2 is 2.00 bits per heavy atom. The second-order valence-corrected chi connectivity index (χ2v) is 7.33. The van der Waals surface area contributed by atoms with Gasteiger partial charge >= 0.3 is 0 Å². The van der Waals surface area contributed by atoms with E-state index in [0.717, 1.165) is 18.5 Å². The van der Waals surface area contributed by atoms with Crippen molar-refractivity contribution >= 4 is 0 Å². The third-order valence-corrected chi connectivity index (χ3v) is 4.73. The van der Waals surface area contributed by atoms with Gasteiger partial charge < -0.3 is 5.32 Å². The first-order valence-corrected chi connectivity index (χ1v) is 8.49. The lowest BCUT2D eigenvalue weighted by Crippen LogP contribution is -2.44. The van der Waals surface area contributed by atoms with Gasteiger partial charge in [-0.1, -0.05) is 12.8 Å². The molecular formula is C17H31N3. The predicted molar refractivity (Wildman–Crippen MR) is 83.5 cm³/mol. The van der Waals surface area contributed by atoms with Crippen molar-refractivity contribution in [2.24, 2.45) is 5.41 Å². The normalized spacial score (nSPS) is 23.8. The van der Waals surface area contributed by atoms with Crippen LogP contribution in [0.4, 0.5) is 0 Å². The van der Waals surface area contributed by atoms with Crippen molar-refractivity contribution in [2.75, 3.05) is 19.6 Å². The number of nitriles is 1. The topological polar surface area (TPSA) is 39.1 Å². The summed E-state index contributed by atoms with van der Waals surface area (Å²) in [7, 11) is 0. The Labute approximate surface area is 124 Å². The molecule has 1 saturated carbocycles. The van der Waals surface area contributed by atoms with Crippen LogP contribution in [0.1, 0.15) is 65.2 Å². The van der Waals surface area contributed by atoms with Gasteiger partial charge in [-0.3, -0.25) is 4.90 Å². The molecule has 2 fully saturated rings. The van der Waals surface area contributed by atoms with E-state index in [0.29, 0.717) is 0 Å². The Morgan fingerprint density at radius 3 is 2.60 bits per heavy atom. The zero-order valence-electron chi connectivity index (χ0n) is 13.3. The first-order chi connectivity index (χ1) is 9.61. The lowest BCUT2D eigenvalue weighted by atomic mass is 9.89. The van der Waals surface area contributed by atoms with Crippen molar-refractivity contribution in [1.29, 1.82) is 5.26 Å². The van der Waals surface area contributed by atoms with Crippen LogP contribution < -0.4 is 5.32 Å². The molecule has 2 aliphatic rings. The van der Waals surface area contributed by atoms with Gasteiger partial charge in [-0.15, -0.1) is 0 Å². The van der Waals surface area contributed by atoms with Gasteiger partial charge in [0.1, 0.15) is 0 Å². The number of hydrogen-bond donors (Lipinski definition) is 1. The summed E-state index contributed by atoms with van der Waals surface area (Å²) in [6.07, 6.45) is 10.4. The van der Waals surface area contributed by atoms with Crippen LogP contribution in [0.2, 0.25) is 0 Å². The summed E-state index contributed by atoms with van der Waals surface area (Å²) in [5, 5.41) is 12.7. The summed E-state index contributed by atoms with van der Waals surface area (Å²) >= 11 is 0. The van der Waals surface area contributed by atoms with E-state index >= 15 is 0 Å². The highest BCUT2D eigenvalue weighted by Crippen LogP contribution is 2.28. The van der Waals surface area contributed by atoms with Crippen molar-refractivity contribution in [3.8, 4) is 6.07 Å². The van der Waals surface area contributed by atoms with E-state index in [1.165, 1.54) is 64.6 Å². The SMILES string of the molecule is CC(C)(C#N)CCCCN(CC1CCCCN1)C1CC1. The van der Waals surface area contributed by atoms with Gasteiger partial charge in [-0.25, -0.2) is 0 Å². The highest BCUT2D eigenvalue weighted by molar-refractivity contribution is 4.92. The van der Waals surface area contributed by atoms with E-state index in [1.807, 2.05) is 0 Å². The highest BCUT2D eigenvalue weighted by atomic mass is 15.2. The van der Waals surface area contributed by atoms with E-state index in [9.17, 15) is 0 Å². The largest absolute Gasteiger partial charge is 0.313 e. The molecule has 0 amide bonds. The highest BCUT2D eigenvalue weighted by Gasteiger charge is 2.30. The third kappa shape index (κ3) is 5.42. The van der Waals surface area contributed by atoms with E-state index in [2.05, 4.69) is 30.1 Å². The molecule has 3 nitrogen and oxygen atoms in total. The second-order valence-electron chi connectivity index (χ2n) is 7.33. The Morgan fingerprint density at radius 1 is 1.20 bits per heavy atom. The van der Waals surface area contributed by atoms with Crippen LogP contribution in [0.15, 0.2) is 0 Å². The second kappa shape index (κ2) is 7.43. The average Bonchev–Trinajstić information content (AvgIpc) is 3.28. The van der Waals surface area contributed by atoms with Crippen molar-refractivity contribution in [2.45, 2.75) is 77.3 Å². The van der Waals surface area contributed by atoms with Gasteiger partial charge in [0.15, 0.2) is 0 Å². The molecule has 0 aromatic rings. The van der Waals surface area contributed by atoms with Gasteiger partial charge in [0, 0.05) is 18.6 Å². The summed E-state index contributed by atoms with van der Waals surface area (Å²) in [5.74, 6) is 0. The number of nitrogens with one attached hydrogen (secondary N) is 1. The quantitative estimate of drug-likeness (QED) is 0.692. The van der Waals surface area contributed by atoms with Gasteiger partial charge in [0.2, 0.25) is 0 Å². The fraction of sp³-hybridized carbons (Fsp3) is 0.941. The minimum absolute atomic E-state index is 0.144. The van der Waals surface area contributed by atoms with Gasteiger partial charge in [-0.05, 0) is 65.5 Å². The predicted octanol–water partition coefficient (Wildman–Crippen LogP) is 3.31. The Hall–Kier alpha value is -0.590. The summed E-state index contributed by atoms with van der Waals surface area (Å²) in [5.41, 5.74) is -0.144. The summed E-state index contributed by atoms with van der Waals surface area (Å²) < 4.78 is 0. The third-order valence-electron chi connectivity index (χ3n) is 4.73. The molecule has 1 heterocycles. The van der Waals surface area contributed by atoms with E-state index in [-0.39, 0.29) is 5.41 Å². The molecule has 114 valence electrons. The van der Waals surface area contributed by atoms with Crippen molar-refractivity contribution in [3.63, 3.8) is 0 Å². The number of hydrogen-bond acceptors (Lipinski definition) is 3. The molecule has 1 saturated heterocycles. The molecular weight excluding hydrogens is 246 g/mol. The lowest BCUT2D eigenvalue weighted by Gasteiger charge is -2.31. The zero-order valence-corrected chi connectivity index (χ0v) is 13.3.